The highest BCUT2D eigenvalue weighted by molar-refractivity contribution is 5.86. The van der Waals surface area contributed by atoms with E-state index in [2.05, 4.69) is 24.4 Å². The van der Waals surface area contributed by atoms with E-state index >= 15 is 0 Å². The molecule has 0 aliphatic carbocycles. The van der Waals surface area contributed by atoms with Crippen LogP contribution in [0, 0.1) is 0 Å². The summed E-state index contributed by atoms with van der Waals surface area (Å²) in [4.78, 5) is 14.2. The van der Waals surface area contributed by atoms with Crippen LogP contribution >= 0.6 is 0 Å². The third-order valence-corrected chi connectivity index (χ3v) is 3.32. The molecule has 0 radical (unpaired) electrons. The number of para-hydroxylation sites is 1. The average molecular weight is 232 g/mol. The standard InChI is InChI=1S/C14H20N2O/c1-3-10-16(2)14(17)12-8-9-15-13-7-5-4-6-11(12)13/h4-7,12,15H,3,8-10H2,1-2H3. The maximum absolute atomic E-state index is 12.3. The fraction of sp³-hybridized carbons (Fsp3) is 0.500. The van der Waals surface area contributed by atoms with Gasteiger partial charge in [-0.1, -0.05) is 25.1 Å². The van der Waals surface area contributed by atoms with E-state index in [4.69, 9.17) is 0 Å². The summed E-state index contributed by atoms with van der Waals surface area (Å²) in [6, 6.07) is 8.12. The van der Waals surface area contributed by atoms with E-state index < -0.39 is 0 Å². The molecule has 1 aromatic carbocycles. The monoisotopic (exact) mass is 232 g/mol. The number of anilines is 1. The summed E-state index contributed by atoms with van der Waals surface area (Å²) in [6.45, 7) is 3.82. The lowest BCUT2D eigenvalue weighted by atomic mass is 9.90. The Morgan fingerprint density at radius 3 is 3.00 bits per heavy atom. The van der Waals surface area contributed by atoms with E-state index in [1.54, 1.807) is 0 Å². The third-order valence-electron chi connectivity index (χ3n) is 3.32. The van der Waals surface area contributed by atoms with Gasteiger partial charge in [-0.2, -0.15) is 0 Å². The molecule has 0 aromatic heterocycles. The highest BCUT2D eigenvalue weighted by Crippen LogP contribution is 2.32. The van der Waals surface area contributed by atoms with Crippen LogP contribution in [0.25, 0.3) is 0 Å². The van der Waals surface area contributed by atoms with Gasteiger partial charge in [-0.05, 0) is 24.5 Å². The van der Waals surface area contributed by atoms with Gasteiger partial charge in [-0.3, -0.25) is 4.79 Å². The predicted octanol–water partition coefficient (Wildman–Crippen LogP) is 2.45. The van der Waals surface area contributed by atoms with E-state index in [1.807, 2.05) is 24.1 Å². The minimum atomic E-state index is 0.0315. The summed E-state index contributed by atoms with van der Waals surface area (Å²) >= 11 is 0. The molecule has 0 bridgehead atoms. The van der Waals surface area contributed by atoms with Gasteiger partial charge in [0.05, 0.1) is 5.92 Å². The molecule has 17 heavy (non-hydrogen) atoms. The molecule has 1 heterocycles. The van der Waals surface area contributed by atoms with Gasteiger partial charge in [-0.15, -0.1) is 0 Å². The number of amides is 1. The lowest BCUT2D eigenvalue weighted by molar-refractivity contribution is -0.131. The molecule has 92 valence electrons. The Labute approximate surface area is 103 Å². The highest BCUT2D eigenvalue weighted by Gasteiger charge is 2.27. The molecule has 1 unspecified atom stereocenters. The fourth-order valence-corrected chi connectivity index (χ4v) is 2.44. The van der Waals surface area contributed by atoms with Crippen LogP contribution in [0.2, 0.25) is 0 Å². The van der Waals surface area contributed by atoms with Gasteiger partial charge in [-0.25, -0.2) is 0 Å². The van der Waals surface area contributed by atoms with E-state index in [-0.39, 0.29) is 11.8 Å². The van der Waals surface area contributed by atoms with Crippen molar-refractivity contribution in [2.24, 2.45) is 0 Å². The van der Waals surface area contributed by atoms with E-state index in [9.17, 15) is 4.79 Å². The molecular weight excluding hydrogens is 212 g/mol. The maximum Gasteiger partial charge on any atom is 0.230 e. The Bertz CT molecular complexity index is 403. The van der Waals surface area contributed by atoms with Crippen molar-refractivity contribution in [3.63, 3.8) is 0 Å². The second kappa shape index (κ2) is 5.21. The van der Waals surface area contributed by atoms with Gasteiger partial charge in [0.25, 0.3) is 0 Å². The number of benzene rings is 1. The van der Waals surface area contributed by atoms with Gasteiger partial charge < -0.3 is 10.2 Å². The Morgan fingerprint density at radius 2 is 2.24 bits per heavy atom. The van der Waals surface area contributed by atoms with E-state index in [1.165, 1.54) is 0 Å². The van der Waals surface area contributed by atoms with Crippen molar-refractivity contribution >= 4 is 11.6 Å². The predicted molar refractivity (Wildman–Crippen MR) is 70.2 cm³/mol. The topological polar surface area (TPSA) is 32.3 Å². The maximum atomic E-state index is 12.3. The van der Waals surface area contributed by atoms with Crippen LogP contribution < -0.4 is 5.32 Å². The van der Waals surface area contributed by atoms with Crippen molar-refractivity contribution in [2.75, 3.05) is 25.5 Å². The molecule has 1 atom stereocenters. The molecule has 0 fully saturated rings. The first-order valence-electron chi connectivity index (χ1n) is 6.31. The first-order chi connectivity index (χ1) is 8.24. The quantitative estimate of drug-likeness (QED) is 0.868. The molecule has 0 saturated carbocycles. The van der Waals surface area contributed by atoms with E-state index in [0.717, 1.165) is 37.2 Å². The number of likely N-dealkylation sites (N-methyl/N-ethyl adjacent to an activating group) is 1. The molecule has 1 N–H and O–H groups in total. The molecule has 2 rings (SSSR count). The van der Waals surface area contributed by atoms with Gasteiger partial charge in [0.1, 0.15) is 0 Å². The normalized spacial score (nSPS) is 18.1. The van der Waals surface area contributed by atoms with Crippen molar-refractivity contribution in [1.29, 1.82) is 0 Å². The Balaban J connectivity index is 2.20. The lowest BCUT2D eigenvalue weighted by Crippen LogP contribution is -2.35. The summed E-state index contributed by atoms with van der Waals surface area (Å²) in [5.41, 5.74) is 2.26. The zero-order valence-corrected chi connectivity index (χ0v) is 10.6. The Hall–Kier alpha value is -1.51. The summed E-state index contributed by atoms with van der Waals surface area (Å²) in [7, 11) is 1.90. The average Bonchev–Trinajstić information content (AvgIpc) is 2.37. The number of fused-ring (bicyclic) bond motifs is 1. The molecule has 1 aliphatic rings. The second-order valence-corrected chi connectivity index (χ2v) is 4.62. The van der Waals surface area contributed by atoms with Gasteiger partial charge in [0.2, 0.25) is 5.91 Å². The van der Waals surface area contributed by atoms with Gasteiger partial charge in [0, 0.05) is 25.8 Å². The van der Waals surface area contributed by atoms with Gasteiger partial charge in [0.15, 0.2) is 0 Å². The fourth-order valence-electron chi connectivity index (χ4n) is 2.44. The van der Waals surface area contributed by atoms with Crippen LogP contribution in [0.5, 0.6) is 0 Å². The largest absolute Gasteiger partial charge is 0.385 e. The summed E-state index contributed by atoms with van der Waals surface area (Å²) in [6.07, 6.45) is 1.90. The summed E-state index contributed by atoms with van der Waals surface area (Å²) in [5.74, 6) is 0.282. The molecule has 1 amide bonds. The number of hydrogen-bond acceptors (Lipinski definition) is 2. The van der Waals surface area contributed by atoms with Crippen molar-refractivity contribution in [2.45, 2.75) is 25.7 Å². The second-order valence-electron chi connectivity index (χ2n) is 4.62. The van der Waals surface area contributed by atoms with Crippen molar-refractivity contribution < 1.29 is 4.79 Å². The number of carbonyl (C=O) groups is 1. The SMILES string of the molecule is CCCN(C)C(=O)C1CCNc2ccccc21. The molecule has 1 aromatic rings. The molecular formula is C14H20N2O. The number of rotatable bonds is 3. The smallest absolute Gasteiger partial charge is 0.230 e. The number of carbonyl (C=O) groups excluding carboxylic acids is 1. The molecule has 3 heteroatoms. The number of nitrogens with one attached hydrogen (secondary N) is 1. The number of nitrogens with zero attached hydrogens (tertiary/aromatic N) is 1. The molecule has 1 aliphatic heterocycles. The van der Waals surface area contributed by atoms with Crippen molar-refractivity contribution in [1.82, 2.24) is 4.90 Å². The van der Waals surface area contributed by atoms with Crippen LogP contribution in [0.1, 0.15) is 31.2 Å². The zero-order chi connectivity index (χ0) is 12.3. The van der Waals surface area contributed by atoms with Crippen LogP contribution in [-0.4, -0.2) is 30.9 Å². The zero-order valence-electron chi connectivity index (χ0n) is 10.6. The van der Waals surface area contributed by atoms with Gasteiger partial charge >= 0.3 is 0 Å². The van der Waals surface area contributed by atoms with Crippen molar-refractivity contribution in [3.8, 4) is 0 Å². The Kier molecular flexibility index (Phi) is 3.67. The van der Waals surface area contributed by atoms with Crippen LogP contribution in [0.15, 0.2) is 24.3 Å². The van der Waals surface area contributed by atoms with Crippen LogP contribution in [0.4, 0.5) is 5.69 Å². The summed E-state index contributed by atoms with van der Waals surface area (Å²) in [5, 5.41) is 3.35. The van der Waals surface area contributed by atoms with E-state index in [0.29, 0.717) is 0 Å². The first kappa shape index (κ1) is 12.0. The minimum absolute atomic E-state index is 0.0315. The first-order valence-corrected chi connectivity index (χ1v) is 6.31. The van der Waals surface area contributed by atoms with Crippen LogP contribution in [-0.2, 0) is 4.79 Å². The van der Waals surface area contributed by atoms with Crippen LogP contribution in [0.3, 0.4) is 0 Å². The Morgan fingerprint density at radius 1 is 1.47 bits per heavy atom. The highest BCUT2D eigenvalue weighted by atomic mass is 16.2. The number of hydrogen-bond donors (Lipinski definition) is 1. The molecule has 3 nitrogen and oxygen atoms in total. The lowest BCUT2D eigenvalue weighted by Gasteiger charge is -2.29. The van der Waals surface area contributed by atoms with Crippen molar-refractivity contribution in [3.05, 3.63) is 29.8 Å². The summed E-state index contributed by atoms with van der Waals surface area (Å²) < 4.78 is 0. The minimum Gasteiger partial charge on any atom is -0.385 e. The third kappa shape index (κ3) is 2.43. The molecule has 0 saturated heterocycles. The molecule has 0 spiro atoms.